The first-order valence-electron chi connectivity index (χ1n) is 17.7. The van der Waals surface area contributed by atoms with Crippen LogP contribution < -0.4 is 10.6 Å². The zero-order chi connectivity index (χ0) is 41.0. The molecule has 0 aliphatic rings. The number of phenolic OH excluding ortho intramolecular Hbond substituents is 2. The van der Waals surface area contributed by atoms with Gasteiger partial charge in [-0.15, -0.1) is 0 Å². The van der Waals surface area contributed by atoms with Crippen molar-refractivity contribution in [3.63, 3.8) is 0 Å². The molecule has 2 amide bonds. The van der Waals surface area contributed by atoms with Gasteiger partial charge in [0.05, 0.1) is 33.9 Å². The van der Waals surface area contributed by atoms with E-state index in [1.54, 1.807) is 13.8 Å². The second-order valence-electron chi connectivity index (χ2n) is 13.5. The van der Waals surface area contributed by atoms with Crippen molar-refractivity contribution in [2.75, 3.05) is 6.54 Å². The van der Waals surface area contributed by atoms with E-state index >= 15 is 0 Å². The molecule has 0 saturated carbocycles. The summed E-state index contributed by atoms with van der Waals surface area (Å²) in [5, 5.41) is 27.0. The van der Waals surface area contributed by atoms with Crippen molar-refractivity contribution in [1.29, 1.82) is 0 Å². The number of amides is 2. The number of nitrogens with zero attached hydrogens (tertiary/aromatic N) is 2. The average molecular weight is 806 g/mol. The lowest BCUT2D eigenvalue weighted by Crippen LogP contribution is -2.31. The number of halogens is 4. The van der Waals surface area contributed by atoms with Crippen molar-refractivity contribution >= 4 is 68.6 Å². The minimum atomic E-state index is -0.440. The fourth-order valence-electron chi connectivity index (χ4n) is 6.41. The lowest BCUT2D eigenvalue weighted by Gasteiger charge is -2.09. The van der Waals surface area contributed by atoms with Crippen LogP contribution in [0.1, 0.15) is 70.4 Å². The van der Waals surface area contributed by atoms with Gasteiger partial charge >= 0.3 is 0 Å². The van der Waals surface area contributed by atoms with Crippen LogP contribution >= 0.6 is 23.2 Å². The van der Waals surface area contributed by atoms with Crippen LogP contribution in [0.4, 0.5) is 8.78 Å². The summed E-state index contributed by atoms with van der Waals surface area (Å²) in [6.07, 6.45) is 0.921. The van der Waals surface area contributed by atoms with Crippen molar-refractivity contribution in [3.8, 4) is 11.5 Å². The lowest BCUT2D eigenvalue weighted by molar-refractivity contribution is -0.121. The number of phenols is 2. The van der Waals surface area contributed by atoms with Gasteiger partial charge in [-0.2, -0.15) is 0 Å². The number of carbonyl (C=O) groups is 4. The molecule has 14 heteroatoms. The first-order valence-corrected chi connectivity index (χ1v) is 18.5. The summed E-state index contributed by atoms with van der Waals surface area (Å²) in [5.74, 6) is -2.25. The first-order chi connectivity index (χ1) is 26.5. The second-order valence-corrected chi connectivity index (χ2v) is 14.3. The van der Waals surface area contributed by atoms with Gasteiger partial charge in [0.2, 0.25) is 11.8 Å². The van der Waals surface area contributed by atoms with E-state index in [4.69, 9.17) is 23.2 Å². The molecule has 0 bridgehead atoms. The Labute approximate surface area is 331 Å². The van der Waals surface area contributed by atoms with Gasteiger partial charge < -0.3 is 20.8 Å². The summed E-state index contributed by atoms with van der Waals surface area (Å²) < 4.78 is 29.3. The topological polar surface area (TPSA) is 143 Å². The summed E-state index contributed by atoms with van der Waals surface area (Å²) >= 11 is 12.1. The number of aromatic hydroxyl groups is 2. The van der Waals surface area contributed by atoms with Crippen LogP contribution in [0.25, 0.3) is 21.8 Å². The van der Waals surface area contributed by atoms with E-state index in [-0.39, 0.29) is 64.1 Å². The van der Waals surface area contributed by atoms with Crippen LogP contribution in [0.3, 0.4) is 0 Å². The van der Waals surface area contributed by atoms with E-state index < -0.39 is 11.6 Å². The number of aromatic nitrogens is 2. The molecule has 4 aromatic carbocycles. The fourth-order valence-corrected chi connectivity index (χ4v) is 6.73. The molecule has 6 aromatic rings. The quantitative estimate of drug-likeness (QED) is 0.116. The Morgan fingerprint density at radius 2 is 1.07 bits per heavy atom. The second kappa shape index (κ2) is 17.4. The van der Waals surface area contributed by atoms with E-state index in [9.17, 15) is 38.2 Å². The molecule has 0 radical (unpaired) electrons. The van der Waals surface area contributed by atoms with Crippen LogP contribution in [-0.4, -0.2) is 55.6 Å². The van der Waals surface area contributed by atoms with Crippen LogP contribution in [-0.2, 0) is 22.4 Å². The number of carbonyl (C=O) groups excluding carboxylic acids is 4. The molecular weight excluding hydrogens is 765 g/mol. The molecule has 10 nitrogen and oxygen atoms in total. The lowest BCUT2D eigenvalue weighted by atomic mass is 10.1. The highest BCUT2D eigenvalue weighted by atomic mass is 35.5. The molecule has 6 rings (SSSR count). The normalized spacial score (nSPS) is 11.1. The average Bonchev–Trinajstić information content (AvgIpc) is 3.55. The molecule has 2 heterocycles. The Morgan fingerprint density at radius 3 is 1.45 bits per heavy atom. The Bertz CT molecular complexity index is 2470. The fraction of sp³-hybridized carbons (Fsp3) is 0.238. The van der Waals surface area contributed by atoms with Gasteiger partial charge in [-0.1, -0.05) is 30.1 Å². The minimum absolute atomic E-state index is 0.0233. The molecule has 292 valence electrons. The number of nitrogens with one attached hydrogen (secondary N) is 2. The summed E-state index contributed by atoms with van der Waals surface area (Å²) in [4.78, 5) is 50.8. The maximum Gasteiger partial charge on any atom is 0.262 e. The number of hydrogen-bond donors (Lipinski definition) is 4. The molecule has 0 unspecified atom stereocenters. The molecule has 56 heavy (non-hydrogen) atoms. The van der Waals surface area contributed by atoms with Gasteiger partial charge in [-0.3, -0.25) is 28.3 Å². The maximum atomic E-state index is 13.2. The summed E-state index contributed by atoms with van der Waals surface area (Å²) in [6.45, 7) is 9.69. The number of hydrogen-bond acceptors (Lipinski definition) is 6. The Balaban J connectivity index is 0.000000214. The highest BCUT2D eigenvalue weighted by molar-refractivity contribution is 6.33. The smallest absolute Gasteiger partial charge is 0.262 e. The van der Waals surface area contributed by atoms with E-state index in [0.29, 0.717) is 62.0 Å². The van der Waals surface area contributed by atoms with E-state index in [0.717, 1.165) is 6.42 Å². The third kappa shape index (κ3) is 8.87. The van der Waals surface area contributed by atoms with Gasteiger partial charge in [0, 0.05) is 45.9 Å². The summed E-state index contributed by atoms with van der Waals surface area (Å²) in [7, 11) is 0. The van der Waals surface area contributed by atoms with Crippen molar-refractivity contribution in [1.82, 2.24) is 19.8 Å². The van der Waals surface area contributed by atoms with Crippen molar-refractivity contribution in [3.05, 3.63) is 128 Å². The zero-order valence-electron chi connectivity index (χ0n) is 31.3. The van der Waals surface area contributed by atoms with E-state index in [2.05, 4.69) is 10.6 Å². The minimum Gasteiger partial charge on any atom is -0.506 e. The Morgan fingerprint density at radius 1 is 0.679 bits per heavy atom. The van der Waals surface area contributed by atoms with Gasteiger partial charge in [-0.25, -0.2) is 8.78 Å². The van der Waals surface area contributed by atoms with Gasteiger partial charge in [-0.05, 0) is 118 Å². The van der Waals surface area contributed by atoms with Crippen LogP contribution in [0.2, 0.25) is 10.0 Å². The molecule has 0 spiro atoms. The van der Waals surface area contributed by atoms with Crippen LogP contribution in [0.5, 0.6) is 11.5 Å². The van der Waals surface area contributed by atoms with Crippen molar-refractivity contribution in [2.45, 2.75) is 59.9 Å². The maximum absolute atomic E-state index is 13.2. The first kappa shape index (κ1) is 41.4. The molecular formula is C42H40Cl2F2N4O6. The number of fused-ring (bicyclic) bond motifs is 2. The van der Waals surface area contributed by atoms with Crippen molar-refractivity contribution < 1.29 is 38.2 Å². The van der Waals surface area contributed by atoms with Gasteiger partial charge in [0.1, 0.15) is 23.1 Å². The molecule has 2 aromatic heterocycles. The van der Waals surface area contributed by atoms with E-state index in [1.807, 2.05) is 20.8 Å². The van der Waals surface area contributed by atoms with Gasteiger partial charge in [0.25, 0.3) is 11.8 Å². The third-order valence-electron chi connectivity index (χ3n) is 9.09. The Kier molecular flexibility index (Phi) is 12.9. The SMILES string of the molecule is CCCNC(=O)Cc1c(C)n(C(=O)c2ccc(F)cc2)c2cc(Cl)c(O)cc12.Cc1c(CC(=O)NC(C)C)c2cc(O)c(Cl)cc2n1C(=O)c1ccc(F)cc1. The van der Waals surface area contributed by atoms with Crippen LogP contribution in [0, 0.1) is 25.5 Å². The molecule has 4 N–H and O–H groups in total. The van der Waals surface area contributed by atoms with Gasteiger partial charge in [0.15, 0.2) is 0 Å². The summed E-state index contributed by atoms with van der Waals surface area (Å²) in [6, 6.07) is 16.3. The number of benzene rings is 4. The highest BCUT2D eigenvalue weighted by Crippen LogP contribution is 2.36. The standard InChI is InChI=1S/2C21H20ClFN2O3/c1-11(2)24-20(27)9-15-12(3)25(18-10-17(22)19(26)8-16(15)18)21(28)13-4-6-14(23)7-5-13;1-3-8-24-20(27)10-15-12(2)25(18-11-17(22)19(26)9-16(15)18)21(28)13-4-6-14(23)7-5-13/h4-8,10-11,26H,9H2,1-3H3,(H,24,27);4-7,9,11,26H,3,8,10H2,1-2H3,(H,24,27). The monoisotopic (exact) mass is 804 g/mol. The van der Waals surface area contributed by atoms with E-state index in [1.165, 1.54) is 81.9 Å². The molecule has 0 aliphatic carbocycles. The molecule has 0 saturated heterocycles. The predicted molar refractivity (Wildman–Crippen MR) is 213 cm³/mol. The predicted octanol–water partition coefficient (Wildman–Crippen LogP) is 8.41. The largest absolute Gasteiger partial charge is 0.506 e. The summed E-state index contributed by atoms with van der Waals surface area (Å²) in [5.41, 5.74) is 3.93. The molecule has 0 atom stereocenters. The van der Waals surface area contributed by atoms with Crippen LogP contribution in [0.15, 0.2) is 72.8 Å². The zero-order valence-corrected chi connectivity index (χ0v) is 32.8. The highest BCUT2D eigenvalue weighted by Gasteiger charge is 2.25. The van der Waals surface area contributed by atoms with Crippen molar-refractivity contribution in [2.24, 2.45) is 0 Å². The number of rotatable bonds is 9. The molecule has 0 aliphatic heterocycles. The molecule has 0 fully saturated rings. The Hall–Kier alpha value is -5.72. The third-order valence-corrected chi connectivity index (χ3v) is 9.70.